The van der Waals surface area contributed by atoms with Crippen molar-refractivity contribution in [2.45, 2.75) is 6.54 Å². The highest BCUT2D eigenvalue weighted by molar-refractivity contribution is 5.81. The molecule has 0 spiro atoms. The summed E-state index contributed by atoms with van der Waals surface area (Å²) in [5.74, 6) is 1.44. The van der Waals surface area contributed by atoms with Gasteiger partial charge in [0.25, 0.3) is 0 Å². The van der Waals surface area contributed by atoms with Crippen LogP contribution in [-0.2, 0) is 11.3 Å². The molecule has 1 amide bonds. The van der Waals surface area contributed by atoms with Gasteiger partial charge in [-0.15, -0.1) is 0 Å². The Morgan fingerprint density at radius 3 is 2.68 bits per heavy atom. The molecule has 25 heavy (non-hydrogen) atoms. The second kappa shape index (κ2) is 6.63. The summed E-state index contributed by atoms with van der Waals surface area (Å²) in [5, 5.41) is 7.01. The highest BCUT2D eigenvalue weighted by Gasteiger charge is 2.33. The first kappa shape index (κ1) is 15.2. The Labute approximate surface area is 143 Å². The zero-order valence-electron chi connectivity index (χ0n) is 13.4. The average Bonchev–Trinajstić information content (AvgIpc) is 3.15. The first-order valence-corrected chi connectivity index (χ1v) is 7.88. The summed E-state index contributed by atoms with van der Waals surface area (Å²) in [4.78, 5) is 30.6. The van der Waals surface area contributed by atoms with E-state index in [2.05, 4.69) is 30.4 Å². The summed E-state index contributed by atoms with van der Waals surface area (Å²) in [6.45, 7) is 1.79. The summed E-state index contributed by atoms with van der Waals surface area (Å²) in [5.41, 5.74) is 1.04. The lowest BCUT2D eigenvalue weighted by atomic mass is 9.99. The van der Waals surface area contributed by atoms with E-state index in [0.717, 1.165) is 11.4 Å². The van der Waals surface area contributed by atoms with Crippen molar-refractivity contribution >= 4 is 11.7 Å². The maximum atomic E-state index is 12.2. The summed E-state index contributed by atoms with van der Waals surface area (Å²) in [6, 6.07) is 5.61. The third-order valence-corrected chi connectivity index (χ3v) is 4.08. The number of anilines is 1. The Bertz CT molecular complexity index is 846. The van der Waals surface area contributed by atoms with E-state index in [9.17, 15) is 4.79 Å². The Kier molecular flexibility index (Phi) is 4.03. The second-order valence-corrected chi connectivity index (χ2v) is 5.75. The third kappa shape index (κ3) is 3.30. The van der Waals surface area contributed by atoms with Gasteiger partial charge in [-0.3, -0.25) is 9.78 Å². The van der Waals surface area contributed by atoms with Gasteiger partial charge in [-0.05, 0) is 17.7 Å². The van der Waals surface area contributed by atoms with Gasteiger partial charge in [0.15, 0.2) is 5.82 Å². The zero-order chi connectivity index (χ0) is 17.1. The molecule has 0 radical (unpaired) electrons. The fourth-order valence-electron chi connectivity index (χ4n) is 2.63. The smallest absolute Gasteiger partial charge is 0.226 e. The molecule has 4 rings (SSSR count). The van der Waals surface area contributed by atoms with Gasteiger partial charge in [-0.2, -0.15) is 5.10 Å². The number of pyridine rings is 1. The summed E-state index contributed by atoms with van der Waals surface area (Å²) in [7, 11) is 0. The van der Waals surface area contributed by atoms with Crippen LogP contribution in [0, 0.1) is 5.92 Å². The number of carbonyl (C=O) groups excluding carboxylic acids is 1. The van der Waals surface area contributed by atoms with Crippen LogP contribution < -0.4 is 10.2 Å². The lowest BCUT2D eigenvalue weighted by Gasteiger charge is -2.39. The standard InChI is InChI=1S/C16H16N8O/c25-16(19-6-12-1-3-17-4-2-12)13-7-23(8-13)14-5-15(21-10-20-14)24-11-18-9-22-24/h1-5,9-11,13H,6-8H2,(H,19,25). The maximum absolute atomic E-state index is 12.2. The van der Waals surface area contributed by atoms with Crippen LogP contribution in [0.2, 0.25) is 0 Å². The molecule has 9 heteroatoms. The van der Waals surface area contributed by atoms with E-state index in [-0.39, 0.29) is 11.8 Å². The average molecular weight is 336 g/mol. The van der Waals surface area contributed by atoms with E-state index in [1.165, 1.54) is 12.7 Å². The van der Waals surface area contributed by atoms with Crippen molar-refractivity contribution in [3.05, 3.63) is 55.1 Å². The van der Waals surface area contributed by atoms with E-state index < -0.39 is 0 Å². The van der Waals surface area contributed by atoms with Gasteiger partial charge in [0, 0.05) is 38.1 Å². The highest BCUT2D eigenvalue weighted by atomic mass is 16.2. The minimum atomic E-state index is -0.0355. The fourth-order valence-corrected chi connectivity index (χ4v) is 2.63. The first-order chi connectivity index (χ1) is 12.3. The number of aromatic nitrogens is 6. The van der Waals surface area contributed by atoms with Crippen molar-refractivity contribution < 1.29 is 4.79 Å². The minimum Gasteiger partial charge on any atom is -0.355 e. The van der Waals surface area contributed by atoms with Crippen LogP contribution >= 0.6 is 0 Å². The van der Waals surface area contributed by atoms with Gasteiger partial charge in [0.2, 0.25) is 5.91 Å². The number of nitrogens with zero attached hydrogens (tertiary/aromatic N) is 7. The molecule has 9 nitrogen and oxygen atoms in total. The molecule has 1 fully saturated rings. The number of hydrogen-bond acceptors (Lipinski definition) is 7. The molecule has 0 bridgehead atoms. The van der Waals surface area contributed by atoms with Crippen LogP contribution in [0.15, 0.2) is 49.6 Å². The summed E-state index contributed by atoms with van der Waals surface area (Å²) >= 11 is 0. The predicted octanol–water partition coefficient (Wildman–Crippen LogP) is 0.205. The molecule has 3 aromatic heterocycles. The number of rotatable bonds is 5. The molecule has 126 valence electrons. The van der Waals surface area contributed by atoms with E-state index in [1.54, 1.807) is 23.4 Å². The van der Waals surface area contributed by atoms with Crippen LogP contribution in [-0.4, -0.2) is 48.7 Å². The van der Waals surface area contributed by atoms with Gasteiger partial charge in [0.05, 0.1) is 5.92 Å². The molecular formula is C16H16N8O. The molecule has 0 saturated carbocycles. The molecule has 1 aliphatic rings. The Hall–Kier alpha value is -3.36. The number of amides is 1. The quantitative estimate of drug-likeness (QED) is 0.710. The first-order valence-electron chi connectivity index (χ1n) is 7.88. The molecular weight excluding hydrogens is 320 g/mol. The van der Waals surface area contributed by atoms with Crippen molar-refractivity contribution in [1.29, 1.82) is 0 Å². The largest absolute Gasteiger partial charge is 0.355 e. The second-order valence-electron chi connectivity index (χ2n) is 5.75. The van der Waals surface area contributed by atoms with Crippen LogP contribution in [0.1, 0.15) is 5.56 Å². The number of nitrogens with one attached hydrogen (secondary N) is 1. The summed E-state index contributed by atoms with van der Waals surface area (Å²) < 4.78 is 1.57. The minimum absolute atomic E-state index is 0.0355. The molecule has 4 heterocycles. The van der Waals surface area contributed by atoms with E-state index in [1.807, 2.05) is 23.1 Å². The van der Waals surface area contributed by atoms with E-state index >= 15 is 0 Å². The molecule has 0 atom stereocenters. The Morgan fingerprint density at radius 1 is 1.12 bits per heavy atom. The van der Waals surface area contributed by atoms with Crippen LogP contribution in [0.25, 0.3) is 5.82 Å². The van der Waals surface area contributed by atoms with Crippen molar-refractivity contribution in [2.75, 3.05) is 18.0 Å². The van der Waals surface area contributed by atoms with Crippen molar-refractivity contribution in [3.63, 3.8) is 0 Å². The highest BCUT2D eigenvalue weighted by Crippen LogP contribution is 2.23. The van der Waals surface area contributed by atoms with Crippen molar-refractivity contribution in [1.82, 2.24) is 35.0 Å². The van der Waals surface area contributed by atoms with Crippen LogP contribution in [0.5, 0.6) is 0 Å². The topological polar surface area (TPSA) is 102 Å². The SMILES string of the molecule is O=C(NCc1ccncc1)C1CN(c2cc(-n3cncn3)ncn2)C1. The van der Waals surface area contributed by atoms with E-state index in [0.29, 0.717) is 25.5 Å². The maximum Gasteiger partial charge on any atom is 0.226 e. The van der Waals surface area contributed by atoms with Gasteiger partial charge in [0.1, 0.15) is 24.8 Å². The van der Waals surface area contributed by atoms with Gasteiger partial charge < -0.3 is 10.2 Å². The molecule has 0 aliphatic carbocycles. The Balaban J connectivity index is 1.33. The lowest BCUT2D eigenvalue weighted by molar-refractivity contribution is -0.125. The Morgan fingerprint density at radius 2 is 1.92 bits per heavy atom. The van der Waals surface area contributed by atoms with Gasteiger partial charge >= 0.3 is 0 Å². The van der Waals surface area contributed by atoms with Crippen molar-refractivity contribution in [2.24, 2.45) is 5.92 Å². The molecule has 0 unspecified atom stereocenters. The van der Waals surface area contributed by atoms with Crippen LogP contribution in [0.4, 0.5) is 5.82 Å². The van der Waals surface area contributed by atoms with Gasteiger partial charge in [-0.25, -0.2) is 19.6 Å². The normalized spacial score (nSPS) is 14.2. The third-order valence-electron chi connectivity index (χ3n) is 4.08. The van der Waals surface area contributed by atoms with Crippen molar-refractivity contribution in [3.8, 4) is 5.82 Å². The molecule has 3 aromatic rings. The molecule has 0 aromatic carbocycles. The summed E-state index contributed by atoms with van der Waals surface area (Å²) in [6.07, 6.45) is 7.96. The molecule has 1 N–H and O–H groups in total. The number of carbonyl (C=O) groups is 1. The van der Waals surface area contributed by atoms with E-state index in [4.69, 9.17) is 0 Å². The lowest BCUT2D eigenvalue weighted by Crippen LogP contribution is -2.54. The fraction of sp³-hybridized carbons (Fsp3) is 0.250. The zero-order valence-corrected chi connectivity index (χ0v) is 13.4. The monoisotopic (exact) mass is 336 g/mol. The number of hydrogen-bond donors (Lipinski definition) is 1. The van der Waals surface area contributed by atoms with Crippen LogP contribution in [0.3, 0.4) is 0 Å². The molecule has 1 saturated heterocycles. The molecule has 1 aliphatic heterocycles. The predicted molar refractivity (Wildman–Crippen MR) is 88.7 cm³/mol. The van der Waals surface area contributed by atoms with Gasteiger partial charge in [-0.1, -0.05) is 0 Å².